The van der Waals surface area contributed by atoms with Gasteiger partial charge >= 0.3 is 0 Å². The van der Waals surface area contributed by atoms with Gasteiger partial charge in [-0.25, -0.2) is 4.98 Å². The van der Waals surface area contributed by atoms with Crippen LogP contribution in [-0.2, 0) is 4.74 Å². The van der Waals surface area contributed by atoms with Gasteiger partial charge in [0, 0.05) is 18.0 Å². The number of ether oxygens (including phenoxy) is 1. The lowest BCUT2D eigenvalue weighted by Crippen LogP contribution is -2.17. The molecule has 2 unspecified atom stereocenters. The lowest BCUT2D eigenvalue weighted by Gasteiger charge is -2.10. The van der Waals surface area contributed by atoms with Gasteiger partial charge in [-0.05, 0) is 26.8 Å². The predicted molar refractivity (Wildman–Crippen MR) is 69.0 cm³/mol. The van der Waals surface area contributed by atoms with Crippen molar-refractivity contribution in [3.8, 4) is 0 Å². The van der Waals surface area contributed by atoms with E-state index in [1.54, 1.807) is 18.4 Å². The van der Waals surface area contributed by atoms with Gasteiger partial charge in [0.15, 0.2) is 0 Å². The van der Waals surface area contributed by atoms with Crippen LogP contribution < -0.4 is 5.32 Å². The van der Waals surface area contributed by atoms with E-state index in [1.165, 1.54) is 4.88 Å². The highest BCUT2D eigenvalue weighted by Crippen LogP contribution is 2.31. The number of hydrogen-bond donors (Lipinski definition) is 1. The highest BCUT2D eigenvalue weighted by molar-refractivity contribution is 7.11. The van der Waals surface area contributed by atoms with E-state index in [2.05, 4.69) is 38.0 Å². The number of rotatable bonds is 6. The Morgan fingerprint density at radius 1 is 1.44 bits per heavy atom. The van der Waals surface area contributed by atoms with Gasteiger partial charge in [-0.3, -0.25) is 0 Å². The quantitative estimate of drug-likeness (QED) is 0.831. The number of thiazole rings is 1. The molecule has 0 bridgehead atoms. The standard InChI is InChI=1S/C12H22N2OS/c1-6-10(15-5)12-14-9(4)11(16-12)8(3)13-7-2/h8,10,13H,6-7H2,1-5H3. The van der Waals surface area contributed by atoms with E-state index in [1.807, 2.05) is 0 Å². The molecule has 0 aliphatic heterocycles. The van der Waals surface area contributed by atoms with Gasteiger partial charge in [0.1, 0.15) is 11.1 Å². The summed E-state index contributed by atoms with van der Waals surface area (Å²) in [5.41, 5.74) is 1.13. The second-order valence-corrected chi connectivity index (χ2v) is 4.98. The molecule has 92 valence electrons. The van der Waals surface area contributed by atoms with Crippen LogP contribution in [0.25, 0.3) is 0 Å². The van der Waals surface area contributed by atoms with Crippen LogP contribution in [0.1, 0.15) is 54.9 Å². The number of hydrogen-bond acceptors (Lipinski definition) is 4. The van der Waals surface area contributed by atoms with Gasteiger partial charge in [0.2, 0.25) is 0 Å². The SMILES string of the molecule is CCNC(C)c1sc(C(CC)OC)nc1C. The summed E-state index contributed by atoms with van der Waals surface area (Å²) in [5, 5.41) is 4.52. The smallest absolute Gasteiger partial charge is 0.122 e. The van der Waals surface area contributed by atoms with E-state index < -0.39 is 0 Å². The lowest BCUT2D eigenvalue weighted by atomic mass is 10.2. The molecule has 1 rings (SSSR count). The maximum atomic E-state index is 5.42. The molecule has 0 amide bonds. The molecule has 0 saturated heterocycles. The normalized spacial score (nSPS) is 15.1. The average Bonchev–Trinajstić information content (AvgIpc) is 2.63. The zero-order valence-corrected chi connectivity index (χ0v) is 11.6. The minimum atomic E-state index is 0.145. The molecule has 0 aromatic carbocycles. The third-order valence-corrected chi connectivity index (χ3v) is 4.12. The highest BCUT2D eigenvalue weighted by atomic mass is 32.1. The van der Waals surface area contributed by atoms with Crippen molar-refractivity contribution in [3.05, 3.63) is 15.6 Å². The van der Waals surface area contributed by atoms with E-state index in [0.29, 0.717) is 6.04 Å². The topological polar surface area (TPSA) is 34.1 Å². The van der Waals surface area contributed by atoms with E-state index >= 15 is 0 Å². The summed E-state index contributed by atoms with van der Waals surface area (Å²) >= 11 is 1.77. The number of aromatic nitrogens is 1. The van der Waals surface area contributed by atoms with E-state index in [0.717, 1.165) is 23.7 Å². The molecular weight excluding hydrogens is 220 g/mol. The molecule has 0 radical (unpaired) electrons. The third kappa shape index (κ3) is 3.03. The average molecular weight is 242 g/mol. The molecule has 0 aliphatic rings. The van der Waals surface area contributed by atoms with Gasteiger partial charge in [-0.2, -0.15) is 0 Å². The molecule has 16 heavy (non-hydrogen) atoms. The van der Waals surface area contributed by atoms with E-state index in [9.17, 15) is 0 Å². The first kappa shape index (κ1) is 13.6. The van der Waals surface area contributed by atoms with Crippen LogP contribution >= 0.6 is 11.3 Å². The Kier molecular flexibility index (Phi) is 5.38. The Hall–Kier alpha value is -0.450. The number of nitrogens with zero attached hydrogens (tertiary/aromatic N) is 1. The number of aryl methyl sites for hydroxylation is 1. The zero-order chi connectivity index (χ0) is 12.1. The Morgan fingerprint density at radius 2 is 2.12 bits per heavy atom. The monoisotopic (exact) mass is 242 g/mol. The van der Waals surface area contributed by atoms with Crippen molar-refractivity contribution < 1.29 is 4.74 Å². The molecule has 2 atom stereocenters. The first-order valence-electron chi connectivity index (χ1n) is 5.87. The Balaban J connectivity index is 2.88. The molecule has 0 fully saturated rings. The fourth-order valence-electron chi connectivity index (χ4n) is 1.81. The molecule has 0 saturated carbocycles. The van der Waals surface area contributed by atoms with E-state index in [4.69, 9.17) is 4.74 Å². The molecule has 1 N–H and O–H groups in total. The minimum absolute atomic E-state index is 0.145. The van der Waals surface area contributed by atoms with Crippen LogP contribution in [0.2, 0.25) is 0 Å². The lowest BCUT2D eigenvalue weighted by molar-refractivity contribution is 0.0997. The van der Waals surface area contributed by atoms with Crippen molar-refractivity contribution >= 4 is 11.3 Å². The fraction of sp³-hybridized carbons (Fsp3) is 0.750. The summed E-state index contributed by atoms with van der Waals surface area (Å²) in [6.45, 7) is 9.48. The first-order chi connectivity index (χ1) is 7.63. The van der Waals surface area contributed by atoms with Gasteiger partial charge in [0.25, 0.3) is 0 Å². The van der Waals surface area contributed by atoms with Crippen LogP contribution in [0.5, 0.6) is 0 Å². The van der Waals surface area contributed by atoms with Crippen molar-refractivity contribution in [3.63, 3.8) is 0 Å². The molecule has 1 heterocycles. The molecule has 0 aliphatic carbocycles. The van der Waals surface area contributed by atoms with Gasteiger partial charge in [-0.15, -0.1) is 11.3 Å². The van der Waals surface area contributed by atoms with Gasteiger partial charge in [0.05, 0.1) is 5.69 Å². The van der Waals surface area contributed by atoms with Crippen LogP contribution in [0.4, 0.5) is 0 Å². The Morgan fingerprint density at radius 3 is 2.62 bits per heavy atom. The third-order valence-electron chi connectivity index (χ3n) is 2.68. The van der Waals surface area contributed by atoms with Crippen molar-refractivity contribution in [2.45, 2.75) is 46.3 Å². The number of methoxy groups -OCH3 is 1. The summed E-state index contributed by atoms with van der Waals surface area (Å²) in [5.74, 6) is 0. The summed E-state index contributed by atoms with van der Waals surface area (Å²) in [6, 6.07) is 0.380. The van der Waals surface area contributed by atoms with Gasteiger partial charge < -0.3 is 10.1 Å². The Labute approximate surface area is 102 Å². The largest absolute Gasteiger partial charge is 0.374 e. The summed E-state index contributed by atoms with van der Waals surface area (Å²) in [6.07, 6.45) is 1.12. The maximum Gasteiger partial charge on any atom is 0.122 e. The van der Waals surface area contributed by atoms with Crippen molar-refractivity contribution in [1.82, 2.24) is 10.3 Å². The van der Waals surface area contributed by atoms with Crippen molar-refractivity contribution in [2.24, 2.45) is 0 Å². The molecule has 3 nitrogen and oxygen atoms in total. The maximum absolute atomic E-state index is 5.42. The fourth-order valence-corrected chi connectivity index (χ4v) is 3.07. The number of nitrogens with one attached hydrogen (secondary N) is 1. The van der Waals surface area contributed by atoms with Crippen LogP contribution in [0, 0.1) is 6.92 Å². The first-order valence-corrected chi connectivity index (χ1v) is 6.69. The van der Waals surface area contributed by atoms with Crippen LogP contribution in [0.15, 0.2) is 0 Å². The summed E-state index contributed by atoms with van der Waals surface area (Å²) < 4.78 is 5.42. The summed E-state index contributed by atoms with van der Waals surface area (Å²) in [4.78, 5) is 5.94. The minimum Gasteiger partial charge on any atom is -0.374 e. The molecule has 1 aromatic rings. The Bertz CT molecular complexity index is 321. The highest BCUT2D eigenvalue weighted by Gasteiger charge is 2.18. The summed E-state index contributed by atoms with van der Waals surface area (Å²) in [7, 11) is 1.75. The van der Waals surface area contributed by atoms with E-state index in [-0.39, 0.29) is 6.10 Å². The van der Waals surface area contributed by atoms with Crippen LogP contribution in [0.3, 0.4) is 0 Å². The molecular formula is C12H22N2OS. The molecule has 4 heteroatoms. The predicted octanol–water partition coefficient (Wildman–Crippen LogP) is 3.22. The molecule has 0 spiro atoms. The second-order valence-electron chi connectivity index (χ2n) is 3.91. The van der Waals surface area contributed by atoms with Gasteiger partial charge in [-0.1, -0.05) is 13.8 Å². The van der Waals surface area contributed by atoms with Crippen molar-refractivity contribution in [1.29, 1.82) is 0 Å². The second kappa shape index (κ2) is 6.33. The van der Waals surface area contributed by atoms with Crippen molar-refractivity contribution in [2.75, 3.05) is 13.7 Å². The molecule has 1 aromatic heterocycles. The van der Waals surface area contributed by atoms with Crippen LogP contribution in [-0.4, -0.2) is 18.6 Å². The zero-order valence-electron chi connectivity index (χ0n) is 10.8.